The first-order valence-electron chi connectivity index (χ1n) is 18.4. The van der Waals surface area contributed by atoms with Gasteiger partial charge in [0.25, 0.3) is 0 Å². The first kappa shape index (κ1) is 40.0. The highest BCUT2D eigenvalue weighted by atomic mass is 32.3. The maximum atomic E-state index is 13.5. The summed E-state index contributed by atoms with van der Waals surface area (Å²) in [6, 6.07) is 59.1. The normalized spacial score (nSPS) is 12.2. The highest BCUT2D eigenvalue weighted by Crippen LogP contribution is 2.65. The summed E-state index contributed by atoms with van der Waals surface area (Å²) >= 11 is 0. The Bertz CT molecular complexity index is 2030. The smallest absolute Gasteiger partial charge is 0.465 e. The lowest BCUT2D eigenvalue weighted by Gasteiger charge is -2.43. The van der Waals surface area contributed by atoms with Gasteiger partial charge in [0.05, 0.1) is 14.2 Å². The minimum atomic E-state index is -2.82. The van der Waals surface area contributed by atoms with Gasteiger partial charge < -0.3 is 23.3 Å². The largest absolute Gasteiger partial charge is 0.647 e. The number of benzene rings is 6. The van der Waals surface area contributed by atoms with Crippen molar-refractivity contribution in [3.05, 3.63) is 210 Å². The SMILES string of the molecule is COC(=O)C(C(=O)OC)=C(CS(OB(O)OC(C)CC(c1ccccc1)(c1ccccc1)c1ccccc1)(c1ccccc1)c1ccccc1)c1ccccc1. The molecule has 0 aliphatic carbocycles. The van der Waals surface area contributed by atoms with Crippen molar-refractivity contribution in [1.82, 2.24) is 0 Å². The average Bonchev–Trinajstić information content (AvgIpc) is 3.26. The van der Waals surface area contributed by atoms with E-state index < -0.39 is 41.1 Å². The molecule has 9 heteroatoms. The number of hydrogen-bond donors (Lipinski definition) is 1. The third kappa shape index (κ3) is 8.72. The van der Waals surface area contributed by atoms with Crippen LogP contribution in [0.4, 0.5) is 0 Å². The molecular weight excluding hydrogens is 719 g/mol. The van der Waals surface area contributed by atoms with Crippen molar-refractivity contribution in [2.45, 2.75) is 34.7 Å². The van der Waals surface area contributed by atoms with E-state index in [1.165, 1.54) is 14.2 Å². The van der Waals surface area contributed by atoms with Gasteiger partial charge >= 0.3 is 19.3 Å². The van der Waals surface area contributed by atoms with Gasteiger partial charge in [0, 0.05) is 27.1 Å². The Kier molecular flexibility index (Phi) is 13.4. The van der Waals surface area contributed by atoms with E-state index in [1.54, 1.807) is 0 Å². The first-order valence-corrected chi connectivity index (χ1v) is 20.1. The number of carbonyl (C=O) groups excluding carboxylic acids is 2. The van der Waals surface area contributed by atoms with Gasteiger partial charge in [-0.05, 0) is 65.4 Å². The molecule has 6 aromatic rings. The minimum absolute atomic E-state index is 0.0125. The molecule has 7 nitrogen and oxygen atoms in total. The van der Waals surface area contributed by atoms with E-state index in [-0.39, 0.29) is 11.3 Å². The van der Waals surface area contributed by atoms with Gasteiger partial charge in [0.1, 0.15) is 5.57 Å². The minimum Gasteiger partial charge on any atom is -0.465 e. The van der Waals surface area contributed by atoms with Crippen LogP contribution < -0.4 is 0 Å². The lowest BCUT2D eigenvalue weighted by atomic mass is 9.66. The average molecular weight is 765 g/mol. The standard InChI is InChI=1S/C47H45BO7S/c1-36(34-47(38-24-12-5-13-25-38,39-26-14-6-15-27-39)40-28-16-7-17-29-40)54-48(51)55-56(41-30-18-8-19-31-41,42-32-20-9-21-33-42)35-43(37-22-10-4-11-23-37)44(45(49)52-2)46(50)53-3/h4-33,36,51H,34-35H2,1-3H3. The molecule has 0 aromatic heterocycles. The van der Waals surface area contributed by atoms with Crippen LogP contribution in [0.1, 0.15) is 35.6 Å². The summed E-state index contributed by atoms with van der Waals surface area (Å²) < 4.78 is 23.7. The molecule has 6 aromatic carbocycles. The van der Waals surface area contributed by atoms with Crippen LogP contribution in [0.2, 0.25) is 0 Å². The molecule has 1 unspecified atom stereocenters. The van der Waals surface area contributed by atoms with Crippen LogP contribution in [-0.4, -0.2) is 50.4 Å². The molecule has 1 atom stereocenters. The van der Waals surface area contributed by atoms with Crippen molar-refractivity contribution in [3.63, 3.8) is 0 Å². The molecule has 0 amide bonds. The third-order valence-electron chi connectivity index (χ3n) is 9.79. The van der Waals surface area contributed by atoms with Gasteiger partial charge in [0.2, 0.25) is 0 Å². The summed E-state index contributed by atoms with van der Waals surface area (Å²) in [6.07, 6.45) is -0.104. The molecule has 0 bridgehead atoms. The molecule has 0 spiro atoms. The zero-order chi connectivity index (χ0) is 39.4. The lowest BCUT2D eigenvalue weighted by molar-refractivity contribution is -0.143. The second-order valence-corrected chi connectivity index (χ2v) is 16.0. The third-order valence-corrected chi connectivity index (χ3v) is 13.0. The second-order valence-electron chi connectivity index (χ2n) is 13.2. The van der Waals surface area contributed by atoms with Crippen LogP contribution >= 0.6 is 10.3 Å². The monoisotopic (exact) mass is 764 g/mol. The van der Waals surface area contributed by atoms with E-state index in [4.69, 9.17) is 18.2 Å². The highest BCUT2D eigenvalue weighted by Gasteiger charge is 2.42. The lowest BCUT2D eigenvalue weighted by Crippen LogP contribution is -2.37. The van der Waals surface area contributed by atoms with Crippen molar-refractivity contribution in [3.8, 4) is 0 Å². The molecule has 0 heterocycles. The molecule has 6 rings (SSSR count). The van der Waals surface area contributed by atoms with E-state index in [1.807, 2.05) is 153 Å². The zero-order valence-electron chi connectivity index (χ0n) is 31.7. The summed E-state index contributed by atoms with van der Waals surface area (Å²) in [6.45, 7) is 1.93. The molecule has 284 valence electrons. The van der Waals surface area contributed by atoms with Crippen molar-refractivity contribution in [2.24, 2.45) is 0 Å². The van der Waals surface area contributed by atoms with Crippen LogP contribution in [0.3, 0.4) is 0 Å². The molecule has 56 heavy (non-hydrogen) atoms. The van der Waals surface area contributed by atoms with Crippen molar-refractivity contribution < 1.29 is 32.8 Å². The molecule has 0 fully saturated rings. The van der Waals surface area contributed by atoms with Gasteiger partial charge in [-0.15, -0.1) is 0 Å². The molecule has 0 saturated carbocycles. The Morgan fingerprint density at radius 1 is 0.589 bits per heavy atom. The van der Waals surface area contributed by atoms with Gasteiger partial charge in [-0.25, -0.2) is 9.59 Å². The Labute approximate surface area is 331 Å². The number of esters is 2. The summed E-state index contributed by atoms with van der Waals surface area (Å²) in [5, 5.41) is 12.1. The highest BCUT2D eigenvalue weighted by molar-refractivity contribution is 8.30. The summed E-state index contributed by atoms with van der Waals surface area (Å²) in [4.78, 5) is 28.4. The van der Waals surface area contributed by atoms with Crippen LogP contribution in [0.15, 0.2) is 197 Å². The Morgan fingerprint density at radius 2 is 0.946 bits per heavy atom. The topological polar surface area (TPSA) is 91.3 Å². The van der Waals surface area contributed by atoms with Crippen LogP contribution in [0.5, 0.6) is 0 Å². The van der Waals surface area contributed by atoms with Gasteiger partial charge in [-0.2, -0.15) is 0 Å². The fraction of sp³-hybridized carbons (Fsp3) is 0.149. The summed E-state index contributed by atoms with van der Waals surface area (Å²) in [5.74, 6) is -1.72. The fourth-order valence-electron chi connectivity index (χ4n) is 7.27. The Morgan fingerprint density at radius 3 is 1.32 bits per heavy atom. The van der Waals surface area contributed by atoms with Crippen LogP contribution in [0, 0.1) is 0 Å². The first-order chi connectivity index (χ1) is 27.3. The molecule has 0 radical (unpaired) electrons. The zero-order valence-corrected chi connectivity index (χ0v) is 32.5. The number of methoxy groups -OCH3 is 2. The Hall–Kier alpha value is -5.71. The number of carbonyl (C=O) groups is 2. The number of ether oxygens (including phenoxy) is 2. The number of rotatable bonds is 16. The summed E-state index contributed by atoms with van der Waals surface area (Å²) in [5.41, 5.74) is 3.24. The van der Waals surface area contributed by atoms with Gasteiger partial charge in [-0.1, -0.05) is 168 Å². The van der Waals surface area contributed by atoms with Crippen molar-refractivity contribution in [1.29, 1.82) is 0 Å². The van der Waals surface area contributed by atoms with E-state index >= 15 is 0 Å². The molecular formula is C47H45BO7S. The maximum absolute atomic E-state index is 13.5. The maximum Gasteiger partial charge on any atom is 0.647 e. The quantitative estimate of drug-likeness (QED) is 0.0262. The molecule has 0 aliphatic rings. The predicted molar refractivity (Wildman–Crippen MR) is 223 cm³/mol. The van der Waals surface area contributed by atoms with Gasteiger partial charge in [-0.3, -0.25) is 0 Å². The van der Waals surface area contributed by atoms with Crippen molar-refractivity contribution >= 4 is 35.1 Å². The van der Waals surface area contributed by atoms with E-state index in [0.29, 0.717) is 17.6 Å². The van der Waals surface area contributed by atoms with E-state index in [0.717, 1.165) is 26.5 Å². The summed E-state index contributed by atoms with van der Waals surface area (Å²) in [7, 11) is -2.12. The Balaban J connectivity index is 1.47. The van der Waals surface area contributed by atoms with E-state index in [2.05, 4.69) is 36.4 Å². The van der Waals surface area contributed by atoms with Gasteiger partial charge in [0.15, 0.2) is 0 Å². The van der Waals surface area contributed by atoms with Crippen LogP contribution in [0.25, 0.3) is 5.57 Å². The van der Waals surface area contributed by atoms with Crippen LogP contribution in [-0.2, 0) is 33.2 Å². The predicted octanol–water partition coefficient (Wildman–Crippen LogP) is 9.45. The second kappa shape index (κ2) is 18.8. The van der Waals surface area contributed by atoms with Crippen molar-refractivity contribution in [2.75, 3.05) is 20.0 Å². The number of hydrogen-bond acceptors (Lipinski definition) is 7. The molecule has 0 aliphatic heterocycles. The fourth-order valence-corrected chi connectivity index (χ4v) is 10.4. The molecule has 1 N–H and O–H groups in total. The molecule has 0 saturated heterocycles. The van der Waals surface area contributed by atoms with E-state index in [9.17, 15) is 14.6 Å².